The number of carbonyl (C=O) groups is 1. The van der Waals surface area contributed by atoms with Gasteiger partial charge in [0.2, 0.25) is 0 Å². The number of nitrogens with zero attached hydrogens (tertiary/aromatic N) is 1. The Hall–Kier alpha value is -2.66. The lowest BCUT2D eigenvalue weighted by Crippen LogP contribution is -2.30. The summed E-state index contributed by atoms with van der Waals surface area (Å²) in [4.78, 5) is 17.3. The van der Waals surface area contributed by atoms with Gasteiger partial charge < -0.3 is 11.1 Å². The van der Waals surface area contributed by atoms with Gasteiger partial charge in [0.1, 0.15) is 5.01 Å². The highest BCUT2D eigenvalue weighted by molar-refractivity contribution is 7.09. The maximum Gasteiger partial charge on any atom is 0.251 e. The Morgan fingerprint density at radius 1 is 1.16 bits per heavy atom. The molecule has 0 aliphatic rings. The van der Waals surface area contributed by atoms with Crippen LogP contribution >= 0.6 is 11.3 Å². The third-order valence-corrected chi connectivity index (χ3v) is 5.00. The Kier molecular flexibility index (Phi) is 5.46. The van der Waals surface area contributed by atoms with E-state index in [-0.39, 0.29) is 11.9 Å². The van der Waals surface area contributed by atoms with Gasteiger partial charge in [-0.05, 0) is 42.7 Å². The summed E-state index contributed by atoms with van der Waals surface area (Å²) in [7, 11) is 0. The Bertz CT molecular complexity index is 828. The van der Waals surface area contributed by atoms with Gasteiger partial charge in [0.15, 0.2) is 0 Å². The molecule has 0 aliphatic heterocycles. The first kappa shape index (κ1) is 17.2. The molecule has 25 heavy (non-hydrogen) atoms. The number of amides is 1. The zero-order chi connectivity index (χ0) is 17.6. The van der Waals surface area contributed by atoms with E-state index in [0.29, 0.717) is 12.0 Å². The van der Waals surface area contributed by atoms with Crippen LogP contribution in [-0.4, -0.2) is 10.9 Å². The van der Waals surface area contributed by atoms with Crippen molar-refractivity contribution in [2.45, 2.75) is 25.8 Å². The second-order valence-corrected chi connectivity index (χ2v) is 6.76. The van der Waals surface area contributed by atoms with E-state index in [4.69, 9.17) is 5.73 Å². The average molecular weight is 351 g/mol. The highest BCUT2D eigenvalue weighted by atomic mass is 32.1. The summed E-state index contributed by atoms with van der Waals surface area (Å²) >= 11 is 1.59. The minimum Gasteiger partial charge on any atom is -0.399 e. The third kappa shape index (κ3) is 4.45. The van der Waals surface area contributed by atoms with Crippen LogP contribution in [0, 0.1) is 0 Å². The van der Waals surface area contributed by atoms with E-state index in [9.17, 15) is 4.79 Å². The summed E-state index contributed by atoms with van der Waals surface area (Å²) < 4.78 is 0. The van der Waals surface area contributed by atoms with Crippen molar-refractivity contribution in [2.75, 3.05) is 5.73 Å². The molecule has 0 saturated carbocycles. The average Bonchev–Trinajstić information content (AvgIpc) is 3.13. The molecule has 3 aromatic rings. The van der Waals surface area contributed by atoms with Crippen molar-refractivity contribution in [3.8, 4) is 0 Å². The Morgan fingerprint density at radius 2 is 1.88 bits per heavy atom. The molecule has 0 saturated heterocycles. The predicted molar refractivity (Wildman–Crippen MR) is 103 cm³/mol. The number of hydrogen-bond acceptors (Lipinski definition) is 4. The van der Waals surface area contributed by atoms with Crippen molar-refractivity contribution in [1.29, 1.82) is 0 Å². The van der Waals surface area contributed by atoms with Crippen molar-refractivity contribution in [3.63, 3.8) is 0 Å². The summed E-state index contributed by atoms with van der Waals surface area (Å²) in [5, 5.41) is 6.11. The van der Waals surface area contributed by atoms with Gasteiger partial charge in [-0.2, -0.15) is 0 Å². The zero-order valence-corrected chi connectivity index (χ0v) is 14.9. The van der Waals surface area contributed by atoms with Gasteiger partial charge in [-0.1, -0.05) is 37.3 Å². The van der Waals surface area contributed by atoms with Crippen molar-refractivity contribution in [2.24, 2.45) is 0 Å². The van der Waals surface area contributed by atoms with E-state index in [1.54, 1.807) is 11.3 Å². The molecule has 1 atom stereocenters. The highest BCUT2D eigenvalue weighted by Crippen LogP contribution is 2.23. The van der Waals surface area contributed by atoms with Gasteiger partial charge >= 0.3 is 0 Å². The second kappa shape index (κ2) is 7.94. The molecule has 0 radical (unpaired) electrons. The molecule has 1 unspecified atom stereocenters. The fraction of sp³-hybridized carbons (Fsp3) is 0.200. The molecule has 1 aromatic heterocycles. The van der Waals surface area contributed by atoms with E-state index >= 15 is 0 Å². The maximum atomic E-state index is 12.6. The van der Waals surface area contributed by atoms with Gasteiger partial charge in [0, 0.05) is 16.6 Å². The second-order valence-electron chi connectivity index (χ2n) is 5.87. The van der Waals surface area contributed by atoms with E-state index in [2.05, 4.69) is 22.6 Å². The lowest BCUT2D eigenvalue weighted by atomic mass is 10.1. The van der Waals surface area contributed by atoms with Crippen LogP contribution in [0.1, 0.15) is 39.6 Å². The van der Waals surface area contributed by atoms with Crippen LogP contribution in [0.3, 0.4) is 0 Å². The number of aromatic nitrogens is 1. The van der Waals surface area contributed by atoms with Crippen LogP contribution in [-0.2, 0) is 12.8 Å². The van der Waals surface area contributed by atoms with Crippen LogP contribution in [0.15, 0.2) is 60.0 Å². The molecular formula is C20H21N3OS. The maximum absolute atomic E-state index is 12.6. The van der Waals surface area contributed by atoms with Crippen molar-refractivity contribution >= 4 is 22.9 Å². The lowest BCUT2D eigenvalue weighted by molar-refractivity contribution is 0.0936. The number of carbonyl (C=O) groups excluding carboxylic acids is 1. The molecule has 1 heterocycles. The number of benzene rings is 2. The quantitative estimate of drug-likeness (QED) is 0.660. The number of hydrogen-bond donors (Lipinski definition) is 2. The van der Waals surface area contributed by atoms with Gasteiger partial charge in [-0.15, -0.1) is 11.3 Å². The molecule has 4 nitrogen and oxygen atoms in total. The molecule has 0 bridgehead atoms. The Morgan fingerprint density at radius 3 is 2.52 bits per heavy atom. The molecule has 0 spiro atoms. The van der Waals surface area contributed by atoms with Gasteiger partial charge in [-0.3, -0.25) is 4.79 Å². The van der Waals surface area contributed by atoms with Crippen molar-refractivity contribution in [3.05, 3.63) is 81.8 Å². The van der Waals surface area contributed by atoms with Crippen LogP contribution in [0.2, 0.25) is 0 Å². The normalized spacial score (nSPS) is 11.9. The van der Waals surface area contributed by atoms with Gasteiger partial charge in [0.25, 0.3) is 5.91 Å². The molecule has 2 aromatic carbocycles. The number of rotatable bonds is 6. The number of nitrogens with two attached hydrogens (primary N) is 1. The first-order valence-corrected chi connectivity index (χ1v) is 9.18. The van der Waals surface area contributed by atoms with E-state index < -0.39 is 0 Å². The smallest absolute Gasteiger partial charge is 0.251 e. The minimum atomic E-state index is -0.165. The first-order valence-electron chi connectivity index (χ1n) is 8.30. The number of anilines is 1. The molecule has 3 rings (SSSR count). The number of aryl methyl sites for hydroxylation is 1. The molecule has 3 N–H and O–H groups in total. The molecule has 0 aliphatic carbocycles. The van der Waals surface area contributed by atoms with Crippen LogP contribution in [0.25, 0.3) is 0 Å². The number of nitrogen functional groups attached to an aromatic ring is 1. The largest absolute Gasteiger partial charge is 0.399 e. The summed E-state index contributed by atoms with van der Waals surface area (Å²) in [6.45, 7) is 2.08. The molecule has 1 amide bonds. The highest BCUT2D eigenvalue weighted by Gasteiger charge is 2.19. The Balaban J connectivity index is 1.83. The van der Waals surface area contributed by atoms with Gasteiger partial charge in [-0.25, -0.2) is 4.98 Å². The Labute approximate surface area is 151 Å². The van der Waals surface area contributed by atoms with Crippen LogP contribution in [0.4, 0.5) is 5.69 Å². The zero-order valence-electron chi connectivity index (χ0n) is 14.1. The summed E-state index contributed by atoms with van der Waals surface area (Å²) in [6.07, 6.45) is 1.56. The van der Waals surface area contributed by atoms with E-state index in [0.717, 1.165) is 28.4 Å². The summed E-state index contributed by atoms with van der Waals surface area (Å²) in [5.41, 5.74) is 9.31. The van der Waals surface area contributed by atoms with Crippen LogP contribution in [0.5, 0.6) is 0 Å². The monoisotopic (exact) mass is 351 g/mol. The summed E-state index contributed by atoms with van der Waals surface area (Å²) in [6, 6.07) is 16.8. The number of thiazole rings is 1. The molecule has 5 heteroatoms. The molecule has 0 fully saturated rings. The SMILES string of the molecule is CCc1csc(C(Cc2ccc(N)cc2)NC(=O)c2ccccc2)n1. The topological polar surface area (TPSA) is 68.0 Å². The number of nitrogens with one attached hydrogen (secondary N) is 1. The fourth-order valence-corrected chi connectivity index (χ4v) is 3.52. The van der Waals surface area contributed by atoms with Crippen LogP contribution < -0.4 is 11.1 Å². The van der Waals surface area contributed by atoms with Gasteiger partial charge in [0.05, 0.1) is 11.7 Å². The van der Waals surface area contributed by atoms with Crippen molar-refractivity contribution < 1.29 is 4.79 Å². The van der Waals surface area contributed by atoms with E-state index in [1.165, 1.54) is 0 Å². The molecular weight excluding hydrogens is 330 g/mol. The van der Waals surface area contributed by atoms with E-state index in [1.807, 2.05) is 54.6 Å². The standard InChI is InChI=1S/C20H21N3OS/c1-2-17-13-25-20(22-17)18(12-14-8-10-16(21)11-9-14)23-19(24)15-6-4-3-5-7-15/h3-11,13,18H,2,12,21H2,1H3,(H,23,24). The van der Waals surface area contributed by atoms with Crippen molar-refractivity contribution in [1.82, 2.24) is 10.3 Å². The summed E-state index contributed by atoms with van der Waals surface area (Å²) in [5.74, 6) is -0.0886. The molecule has 128 valence electrons. The third-order valence-electron chi connectivity index (χ3n) is 3.99. The minimum absolute atomic E-state index is 0.0886. The first-order chi connectivity index (χ1) is 12.2. The lowest BCUT2D eigenvalue weighted by Gasteiger charge is -2.17. The fourth-order valence-electron chi connectivity index (χ4n) is 2.57. The predicted octanol–water partition coefficient (Wildman–Crippen LogP) is 4.00.